The van der Waals surface area contributed by atoms with Crippen molar-refractivity contribution < 1.29 is 126 Å². The number of pyridine rings is 5. The van der Waals surface area contributed by atoms with Crippen LogP contribution < -0.4 is 90.1 Å². The molecule has 10 heterocycles. The van der Waals surface area contributed by atoms with Crippen molar-refractivity contribution in [3.63, 3.8) is 0 Å². The van der Waals surface area contributed by atoms with Crippen LogP contribution in [0, 0.1) is 20.8 Å². The van der Waals surface area contributed by atoms with E-state index in [1.54, 1.807) is 160 Å². The summed E-state index contributed by atoms with van der Waals surface area (Å²) in [5.74, 6) is -5.20. The fourth-order valence-corrected chi connectivity index (χ4v) is 10.5. The minimum Gasteiger partial charge on any atom is -0.550 e. The second-order valence-corrected chi connectivity index (χ2v) is 22.5. The number of aromatic nitrogens is 5. The third-order valence-electron chi connectivity index (χ3n) is 15.4. The van der Waals surface area contributed by atoms with Gasteiger partial charge in [0, 0.05) is 42.9 Å². The number of carboxylic acids is 2. The first-order valence-corrected chi connectivity index (χ1v) is 31.6. The zero-order chi connectivity index (χ0) is 79.0. The van der Waals surface area contributed by atoms with Crippen LogP contribution in [0.15, 0.2) is 192 Å². The van der Waals surface area contributed by atoms with Gasteiger partial charge in [-0.05, 0) is 125 Å². The number of carboxylic acid groups (broad SMARTS) is 2. The van der Waals surface area contributed by atoms with Gasteiger partial charge < -0.3 is 49.5 Å². The summed E-state index contributed by atoms with van der Waals surface area (Å²) in [7, 11) is 6.00. The maximum Gasteiger partial charge on any atom is 1.00 e. The summed E-state index contributed by atoms with van der Waals surface area (Å²) in [6.45, 7) is 7.42. The average molecular weight is 1710 g/mol. The molecule has 113 heavy (non-hydrogen) atoms. The molecule has 5 aliphatic heterocycles. The number of fused-ring (bicyclic) bond motifs is 5. The van der Waals surface area contributed by atoms with E-state index in [1.165, 1.54) is 51.7 Å². The molecule has 5 aromatic heterocycles. The van der Waals surface area contributed by atoms with Crippen molar-refractivity contribution in [1.29, 1.82) is 0 Å². The third kappa shape index (κ3) is 21.8. The number of anilines is 5. The second-order valence-electron chi connectivity index (χ2n) is 22.5. The number of imide groups is 4. The summed E-state index contributed by atoms with van der Waals surface area (Å²) in [4.78, 5) is 182. The maximum absolute atomic E-state index is 12.4. The molecule has 36 heteroatoms. The summed E-state index contributed by atoms with van der Waals surface area (Å²) in [5, 5.41) is 26.0. The fraction of sp³-hybridized carbons (Fsp3) is 0.130. The van der Waals surface area contributed by atoms with E-state index in [4.69, 9.17) is 44.5 Å². The third-order valence-corrected chi connectivity index (χ3v) is 15.4. The number of aliphatic carboxylic acids is 2. The number of cyclic esters (lactones) is 2. The SMILES string of the molecule is Br.Br.C.CC(=O)O.CC(=O)[O-].COc1ccc(N2C(=O)c3ccccc3C2=O)c(=O)[nH]1.COc1ccc(N2C(=O)c3ccccc3C2=O)c(C)n1.COc1ccc(N2C(=O)c3ccccc3C2=O)c(C)n1.COc1nc(C)ccc1N.Cl.O=C1OC(=O)c2ccccc21.O=C1c2ccccc2C(=O)N1c1ccc(=O)[nH]c1O.[Na+]. The zero-order valence-electron chi connectivity index (χ0n) is 60.8. The van der Waals surface area contributed by atoms with Crippen LogP contribution >= 0.6 is 46.4 Å². The van der Waals surface area contributed by atoms with E-state index in [0.717, 1.165) is 45.2 Å². The number of rotatable bonds is 8. The number of aryl methyl sites for hydroxylation is 3. The van der Waals surface area contributed by atoms with Gasteiger partial charge in [-0.3, -0.25) is 62.7 Å². The smallest absolute Gasteiger partial charge is 0.550 e. The Kier molecular flexibility index (Phi) is 35.4. The Balaban J connectivity index is 0.000000346. The van der Waals surface area contributed by atoms with Gasteiger partial charge in [0.2, 0.25) is 23.5 Å². The molecule has 5 aromatic carbocycles. The first kappa shape index (κ1) is 94.3. The molecule has 0 atom stereocenters. The Morgan fingerprint density at radius 1 is 0.425 bits per heavy atom. The van der Waals surface area contributed by atoms with E-state index >= 15 is 0 Å². The van der Waals surface area contributed by atoms with Crippen molar-refractivity contribution in [1.82, 2.24) is 24.9 Å². The van der Waals surface area contributed by atoms with E-state index < -0.39 is 64.5 Å². The van der Waals surface area contributed by atoms with Gasteiger partial charge in [0.05, 0.1) is 113 Å². The van der Waals surface area contributed by atoms with Gasteiger partial charge in [0.15, 0.2) is 5.88 Å². The Morgan fingerprint density at radius 2 is 0.717 bits per heavy atom. The maximum atomic E-state index is 12.4. The molecule has 15 rings (SSSR count). The predicted octanol–water partition coefficient (Wildman–Crippen LogP) is 6.51. The number of amides is 8. The number of carbonyl (C=O) groups excluding carboxylic acids is 11. The molecule has 0 spiro atoms. The minimum absolute atomic E-state index is 0. The number of esters is 2. The van der Waals surface area contributed by atoms with Crippen molar-refractivity contribution in [2.75, 3.05) is 53.8 Å². The number of nitrogens with two attached hydrogens (primary N) is 1. The summed E-state index contributed by atoms with van der Waals surface area (Å²) < 4.78 is 24.2. The van der Waals surface area contributed by atoms with Crippen LogP contribution in [0.25, 0.3) is 0 Å². The molecule has 0 aliphatic carbocycles. The standard InChI is InChI=1S/2C15H12N2O3.C14H10N2O4.C13H8N2O4.C8H4O3.C7H10N2O.2C2H4O2.CH4.2BrH.ClH.Na/c2*1-9-12(7-8-13(16-9)20-2)17-14(18)10-5-3-4-6-11(10)15(17)19;1-20-11-7-6-10(12(17)15-11)16-13(18)8-4-2-3-5-9(8)14(16)19;16-10-6-5-9(11(17)14-10)15-12(18)7-3-1-2-4-8(7)13(15)19;9-7-5-3-1-2-4-6(5)8(10)11-7;1-5-3-4-6(8)7(9-5)10-2;2*1-2(3)4;;;;;/h2*3-8H,1-2H3;2-7H,1H3,(H,15,17);1-6H,(H2,14,16,17);1-4H;3-4H,8H2,1-2H3;2*1H3,(H,3,4);1H4;3*1H;/q;;;;;;;;;;;;+1/p-1. The second kappa shape index (κ2) is 42.4. The van der Waals surface area contributed by atoms with Gasteiger partial charge in [-0.15, -0.1) is 46.4 Å². The van der Waals surface area contributed by atoms with Crippen LogP contribution in [0.2, 0.25) is 0 Å². The number of H-pyrrole nitrogens is 2. The van der Waals surface area contributed by atoms with Crippen molar-refractivity contribution >= 4 is 146 Å². The van der Waals surface area contributed by atoms with Gasteiger partial charge in [-0.1, -0.05) is 68.1 Å². The fourth-order valence-electron chi connectivity index (χ4n) is 10.5. The number of hydrogen-bond acceptors (Lipinski definition) is 25. The van der Waals surface area contributed by atoms with Gasteiger partial charge in [0.1, 0.15) is 11.4 Å². The Morgan fingerprint density at radius 3 is 0.991 bits per heavy atom. The number of hydrogen-bond donors (Lipinski definition) is 5. The van der Waals surface area contributed by atoms with E-state index in [9.17, 15) is 62.6 Å². The predicted molar refractivity (Wildman–Crippen MR) is 418 cm³/mol. The Labute approximate surface area is 692 Å². The Bertz CT molecular complexity index is 5120. The molecule has 5 aliphatic rings. The molecule has 0 unspecified atom stereocenters. The number of nitrogen functional groups attached to an aromatic ring is 1. The quantitative estimate of drug-likeness (QED) is 0.0468. The molecule has 0 fully saturated rings. The summed E-state index contributed by atoms with van der Waals surface area (Å²) in [6, 6.07) is 48.4. The monoisotopic (exact) mass is 1700 g/mol. The van der Waals surface area contributed by atoms with Crippen LogP contribution in [0.3, 0.4) is 0 Å². The molecule has 0 saturated carbocycles. The van der Waals surface area contributed by atoms with E-state index in [2.05, 4.69) is 29.7 Å². The number of aromatic amines is 2. The molecule has 0 bridgehead atoms. The van der Waals surface area contributed by atoms with Gasteiger partial charge in [-0.2, -0.15) is 0 Å². The van der Waals surface area contributed by atoms with Crippen molar-refractivity contribution in [3.8, 4) is 29.4 Å². The molecule has 0 radical (unpaired) electrons. The van der Waals surface area contributed by atoms with Crippen LogP contribution in [-0.2, 0) is 14.3 Å². The molecular weight excluding hydrogens is 1640 g/mol. The molecule has 10 aromatic rings. The molecule has 32 nitrogen and oxygen atoms in total. The number of ether oxygens (including phenoxy) is 5. The normalized spacial score (nSPS) is 12.2. The summed E-state index contributed by atoms with van der Waals surface area (Å²) in [5.41, 5.74) is 11.5. The number of halogens is 3. The van der Waals surface area contributed by atoms with Crippen LogP contribution in [0.1, 0.15) is 142 Å². The summed E-state index contributed by atoms with van der Waals surface area (Å²) in [6.07, 6.45) is 0. The topological polar surface area (TPSA) is 458 Å². The zero-order valence-corrected chi connectivity index (χ0v) is 67.1. The van der Waals surface area contributed by atoms with Crippen molar-refractivity contribution in [3.05, 3.63) is 275 Å². The van der Waals surface area contributed by atoms with E-state index in [1.807, 2.05) is 13.0 Å². The molecule has 582 valence electrons. The van der Waals surface area contributed by atoms with E-state index in [-0.39, 0.29) is 135 Å². The average Bonchev–Trinajstić information content (AvgIpc) is 1.63. The molecule has 6 N–H and O–H groups in total. The number of nitrogens with zero attached hydrogens (tertiary/aromatic N) is 7. The van der Waals surface area contributed by atoms with Gasteiger partial charge in [-0.25, -0.2) is 44.1 Å². The number of methoxy groups -OCH3 is 4. The molecule has 0 saturated heterocycles. The molecular formula is C77H70Br2ClN10NaO22. The van der Waals surface area contributed by atoms with Crippen LogP contribution in [-0.4, -0.2) is 135 Å². The number of nitrogens with one attached hydrogen (secondary N) is 2. The van der Waals surface area contributed by atoms with Gasteiger partial charge >= 0.3 is 41.5 Å². The first-order valence-electron chi connectivity index (χ1n) is 31.6. The largest absolute Gasteiger partial charge is 1.00 e. The van der Waals surface area contributed by atoms with E-state index in [0.29, 0.717) is 90.6 Å². The van der Waals surface area contributed by atoms with Gasteiger partial charge in [0.25, 0.3) is 64.3 Å². The van der Waals surface area contributed by atoms with Crippen LogP contribution in [0.4, 0.5) is 28.4 Å². The number of carbonyl (C=O) groups is 12. The van der Waals surface area contributed by atoms with Crippen LogP contribution in [0.5, 0.6) is 29.4 Å². The van der Waals surface area contributed by atoms with Crippen molar-refractivity contribution in [2.45, 2.75) is 42.0 Å². The van der Waals surface area contributed by atoms with Crippen molar-refractivity contribution in [2.24, 2.45) is 0 Å². The molecule has 8 amide bonds. The number of aromatic hydroxyl groups is 1. The number of benzene rings is 5. The Hall–Kier alpha value is -12.9. The summed E-state index contributed by atoms with van der Waals surface area (Å²) >= 11 is 0. The minimum atomic E-state index is -1.08. The first-order chi connectivity index (χ1) is 51.5.